The Morgan fingerprint density at radius 2 is 1.55 bits per heavy atom. The van der Waals surface area contributed by atoms with Crippen molar-refractivity contribution in [3.63, 3.8) is 0 Å². The van der Waals surface area contributed by atoms with Crippen molar-refractivity contribution < 1.29 is 4.74 Å². The average Bonchev–Trinajstić information content (AvgIpc) is 2.48. The second-order valence-electron chi connectivity index (χ2n) is 5.14. The molecule has 0 amide bonds. The molecule has 0 saturated heterocycles. The Bertz CT molecular complexity index is 516. The van der Waals surface area contributed by atoms with Crippen LogP contribution < -0.4 is 0 Å². The number of methoxy groups -OCH3 is 1. The largest absolute Gasteiger partial charge is 0.384 e. The molecule has 2 aromatic carbocycles. The molecule has 0 aliphatic carbocycles. The molecule has 0 radical (unpaired) electrons. The fourth-order valence-electron chi connectivity index (χ4n) is 2.16. The molecule has 1 atom stereocenters. The summed E-state index contributed by atoms with van der Waals surface area (Å²) in [4.78, 5) is 0.363. The summed E-state index contributed by atoms with van der Waals surface area (Å²) in [6, 6.07) is 17.5. The molecule has 0 bridgehead atoms. The zero-order valence-corrected chi connectivity index (χ0v) is 13.7. The van der Waals surface area contributed by atoms with Gasteiger partial charge in [-0.25, -0.2) is 0 Å². The van der Waals surface area contributed by atoms with E-state index in [1.807, 2.05) is 0 Å². The summed E-state index contributed by atoms with van der Waals surface area (Å²) >= 11 is 3.79. The quantitative estimate of drug-likeness (QED) is 0.686. The summed E-state index contributed by atoms with van der Waals surface area (Å²) < 4.78 is 5.10. The lowest BCUT2D eigenvalue weighted by molar-refractivity contribution is 0.202. The van der Waals surface area contributed by atoms with Gasteiger partial charge in [0.25, 0.3) is 0 Å². The molecule has 0 aromatic heterocycles. The molecular formula is C18H21BrO. The zero-order valence-electron chi connectivity index (χ0n) is 12.1. The Morgan fingerprint density at radius 1 is 0.950 bits per heavy atom. The monoisotopic (exact) mass is 332 g/mol. The molecule has 0 N–H and O–H groups in total. The predicted molar refractivity (Wildman–Crippen MR) is 88.6 cm³/mol. The number of ether oxygens (including phenoxy) is 1. The first-order valence-electron chi connectivity index (χ1n) is 6.96. The molecular weight excluding hydrogens is 312 g/mol. The number of halogens is 1. The van der Waals surface area contributed by atoms with Gasteiger partial charge in [-0.1, -0.05) is 70.0 Å². The number of hydrogen-bond acceptors (Lipinski definition) is 1. The van der Waals surface area contributed by atoms with E-state index in [1.165, 1.54) is 22.3 Å². The van der Waals surface area contributed by atoms with Crippen LogP contribution in [0.2, 0.25) is 0 Å². The van der Waals surface area contributed by atoms with Crippen LogP contribution in [0, 0.1) is 6.92 Å². The molecule has 0 spiro atoms. The van der Waals surface area contributed by atoms with Crippen molar-refractivity contribution in [3.8, 4) is 0 Å². The highest BCUT2D eigenvalue weighted by molar-refractivity contribution is 9.09. The number of benzene rings is 2. The second kappa shape index (κ2) is 7.61. The van der Waals surface area contributed by atoms with E-state index < -0.39 is 0 Å². The topological polar surface area (TPSA) is 9.23 Å². The Labute approximate surface area is 130 Å². The van der Waals surface area contributed by atoms with Gasteiger partial charge in [0.05, 0.1) is 6.61 Å². The van der Waals surface area contributed by atoms with Crippen LogP contribution in [0.25, 0.3) is 0 Å². The maximum absolute atomic E-state index is 5.10. The molecule has 20 heavy (non-hydrogen) atoms. The average molecular weight is 333 g/mol. The Hall–Kier alpha value is -1.12. The van der Waals surface area contributed by atoms with Crippen LogP contribution in [0.5, 0.6) is 0 Å². The molecule has 2 aromatic rings. The molecule has 1 nitrogen and oxygen atoms in total. The Balaban J connectivity index is 1.98. The molecule has 1 unspecified atom stereocenters. The third-order valence-electron chi connectivity index (χ3n) is 3.47. The van der Waals surface area contributed by atoms with Gasteiger partial charge in [0.2, 0.25) is 0 Å². The van der Waals surface area contributed by atoms with E-state index in [2.05, 4.69) is 71.4 Å². The molecule has 2 heteroatoms. The minimum Gasteiger partial charge on any atom is -0.384 e. The van der Waals surface area contributed by atoms with Crippen LogP contribution in [0.4, 0.5) is 0 Å². The highest BCUT2D eigenvalue weighted by Crippen LogP contribution is 2.27. The first kappa shape index (κ1) is 15.3. The van der Waals surface area contributed by atoms with Gasteiger partial charge in [0.15, 0.2) is 0 Å². The molecule has 0 aliphatic heterocycles. The summed E-state index contributed by atoms with van der Waals surface area (Å²) in [5, 5.41) is 0. The maximum Gasteiger partial charge on any atom is 0.0502 e. The molecule has 0 fully saturated rings. The van der Waals surface area contributed by atoms with Crippen molar-refractivity contribution in [2.45, 2.75) is 24.6 Å². The molecule has 2 rings (SSSR count). The summed E-state index contributed by atoms with van der Waals surface area (Å²) in [6.07, 6.45) is 1.99. The molecule has 106 valence electrons. The van der Waals surface area contributed by atoms with E-state index in [9.17, 15) is 0 Å². The minimum absolute atomic E-state index is 0.363. The van der Waals surface area contributed by atoms with Gasteiger partial charge in [0, 0.05) is 11.9 Å². The summed E-state index contributed by atoms with van der Waals surface area (Å²) in [5.41, 5.74) is 5.32. The van der Waals surface area contributed by atoms with Crippen LogP contribution in [0.3, 0.4) is 0 Å². The minimum atomic E-state index is 0.363. The molecule has 0 saturated carbocycles. The van der Waals surface area contributed by atoms with Crippen LogP contribution >= 0.6 is 15.9 Å². The normalized spacial score (nSPS) is 12.3. The Morgan fingerprint density at radius 3 is 2.15 bits per heavy atom. The molecule has 0 aliphatic rings. The first-order chi connectivity index (χ1) is 9.69. The van der Waals surface area contributed by atoms with Crippen LogP contribution in [0.1, 0.15) is 27.1 Å². The standard InChI is InChI=1S/C18H21BrO/c1-14-3-5-16(6-4-14)13-18(19)17-9-7-15(8-10-17)11-12-20-2/h3-10,18H,11-13H2,1-2H3. The van der Waals surface area contributed by atoms with E-state index >= 15 is 0 Å². The Kier molecular flexibility index (Phi) is 5.81. The smallest absolute Gasteiger partial charge is 0.0502 e. The van der Waals surface area contributed by atoms with E-state index in [0.29, 0.717) is 4.83 Å². The fraction of sp³-hybridized carbons (Fsp3) is 0.333. The first-order valence-corrected chi connectivity index (χ1v) is 7.88. The van der Waals surface area contributed by atoms with E-state index in [1.54, 1.807) is 7.11 Å². The van der Waals surface area contributed by atoms with Gasteiger partial charge in [-0.05, 0) is 36.5 Å². The van der Waals surface area contributed by atoms with Crippen molar-refractivity contribution in [1.29, 1.82) is 0 Å². The highest BCUT2D eigenvalue weighted by atomic mass is 79.9. The molecule has 0 heterocycles. The van der Waals surface area contributed by atoms with Crippen molar-refractivity contribution in [1.82, 2.24) is 0 Å². The summed E-state index contributed by atoms with van der Waals surface area (Å²) in [6.45, 7) is 2.90. The van der Waals surface area contributed by atoms with E-state index in [0.717, 1.165) is 19.4 Å². The van der Waals surface area contributed by atoms with Crippen LogP contribution in [0.15, 0.2) is 48.5 Å². The number of hydrogen-bond donors (Lipinski definition) is 0. The van der Waals surface area contributed by atoms with E-state index in [4.69, 9.17) is 4.74 Å². The highest BCUT2D eigenvalue weighted by Gasteiger charge is 2.08. The van der Waals surface area contributed by atoms with Crippen molar-refractivity contribution in [3.05, 3.63) is 70.8 Å². The van der Waals surface area contributed by atoms with Crippen LogP contribution in [-0.4, -0.2) is 13.7 Å². The summed E-state index contributed by atoms with van der Waals surface area (Å²) in [5.74, 6) is 0. The number of alkyl halides is 1. The third kappa shape index (κ3) is 4.46. The van der Waals surface area contributed by atoms with Gasteiger partial charge in [-0.15, -0.1) is 0 Å². The summed E-state index contributed by atoms with van der Waals surface area (Å²) in [7, 11) is 1.74. The zero-order chi connectivity index (χ0) is 14.4. The van der Waals surface area contributed by atoms with Gasteiger partial charge in [0.1, 0.15) is 0 Å². The predicted octanol–water partition coefficient (Wildman–Crippen LogP) is 4.86. The SMILES string of the molecule is COCCc1ccc(C(Br)Cc2ccc(C)cc2)cc1. The fourth-order valence-corrected chi connectivity index (χ4v) is 2.84. The number of aryl methyl sites for hydroxylation is 1. The van der Waals surface area contributed by atoms with Crippen molar-refractivity contribution in [2.75, 3.05) is 13.7 Å². The van der Waals surface area contributed by atoms with Gasteiger partial charge < -0.3 is 4.74 Å². The lowest BCUT2D eigenvalue weighted by atomic mass is 10.0. The van der Waals surface area contributed by atoms with Crippen molar-refractivity contribution in [2.24, 2.45) is 0 Å². The second-order valence-corrected chi connectivity index (χ2v) is 6.25. The van der Waals surface area contributed by atoms with Gasteiger partial charge in [-0.3, -0.25) is 0 Å². The van der Waals surface area contributed by atoms with Gasteiger partial charge >= 0.3 is 0 Å². The van der Waals surface area contributed by atoms with Crippen LogP contribution in [-0.2, 0) is 17.6 Å². The third-order valence-corrected chi connectivity index (χ3v) is 4.32. The number of rotatable bonds is 6. The van der Waals surface area contributed by atoms with Crippen molar-refractivity contribution >= 4 is 15.9 Å². The maximum atomic E-state index is 5.10. The van der Waals surface area contributed by atoms with Gasteiger partial charge in [-0.2, -0.15) is 0 Å². The van der Waals surface area contributed by atoms with E-state index in [-0.39, 0.29) is 0 Å². The lowest BCUT2D eigenvalue weighted by Crippen LogP contribution is -1.98. The lowest BCUT2D eigenvalue weighted by Gasteiger charge is -2.11.